The van der Waals surface area contributed by atoms with Gasteiger partial charge in [0.1, 0.15) is 0 Å². The lowest BCUT2D eigenvalue weighted by molar-refractivity contribution is 0.0658. The molecule has 2 heterocycles. The molecular formula is C14H19NO3. The van der Waals surface area contributed by atoms with Crippen LogP contribution in [0.15, 0.2) is 16.7 Å². The van der Waals surface area contributed by atoms with Gasteiger partial charge >= 0.3 is 5.97 Å². The summed E-state index contributed by atoms with van der Waals surface area (Å²) in [7, 11) is 0. The Kier molecular flexibility index (Phi) is 3.12. The molecule has 18 heavy (non-hydrogen) atoms. The first-order chi connectivity index (χ1) is 8.75. The number of likely N-dealkylation sites (tertiary alicyclic amines) is 1. The van der Waals surface area contributed by atoms with E-state index in [2.05, 4.69) is 4.90 Å². The summed E-state index contributed by atoms with van der Waals surface area (Å²) in [5, 5.41) is 9.05. The Morgan fingerprint density at radius 3 is 3.06 bits per heavy atom. The second-order valence-corrected chi connectivity index (χ2v) is 5.45. The SMILES string of the molecule is O=C(O)c1occc1CN1CCC2CCCCC21. The number of fused-ring (bicyclic) bond motifs is 1. The lowest BCUT2D eigenvalue weighted by atomic mass is 9.85. The lowest BCUT2D eigenvalue weighted by Gasteiger charge is -2.31. The fourth-order valence-corrected chi connectivity index (χ4v) is 3.57. The van der Waals surface area contributed by atoms with Crippen molar-refractivity contribution in [2.75, 3.05) is 6.54 Å². The van der Waals surface area contributed by atoms with Crippen molar-refractivity contribution >= 4 is 5.97 Å². The zero-order chi connectivity index (χ0) is 12.5. The molecular weight excluding hydrogens is 230 g/mol. The van der Waals surface area contributed by atoms with Crippen LogP contribution in [-0.4, -0.2) is 28.6 Å². The molecule has 1 aliphatic carbocycles. The zero-order valence-electron chi connectivity index (χ0n) is 10.5. The number of nitrogens with zero attached hydrogens (tertiary/aromatic N) is 1. The predicted octanol–water partition coefficient (Wildman–Crippen LogP) is 2.74. The van der Waals surface area contributed by atoms with E-state index in [0.717, 1.165) is 24.6 Å². The summed E-state index contributed by atoms with van der Waals surface area (Å²) < 4.78 is 5.05. The smallest absolute Gasteiger partial charge is 0.372 e. The third kappa shape index (κ3) is 2.05. The van der Waals surface area contributed by atoms with Gasteiger partial charge in [-0.1, -0.05) is 12.8 Å². The molecule has 0 aromatic carbocycles. The van der Waals surface area contributed by atoms with Crippen molar-refractivity contribution in [3.63, 3.8) is 0 Å². The first-order valence-electron chi connectivity index (χ1n) is 6.79. The van der Waals surface area contributed by atoms with Crippen LogP contribution in [0.2, 0.25) is 0 Å². The molecule has 2 atom stereocenters. The van der Waals surface area contributed by atoms with Gasteiger partial charge in [-0.05, 0) is 37.8 Å². The molecule has 1 aromatic heterocycles. The standard InChI is InChI=1S/C14H19NO3/c16-14(17)13-11(6-8-18-13)9-15-7-5-10-3-1-2-4-12(10)15/h6,8,10,12H,1-5,7,9H2,(H,16,17). The number of aromatic carboxylic acids is 1. The van der Waals surface area contributed by atoms with Gasteiger partial charge < -0.3 is 9.52 Å². The molecule has 1 aliphatic heterocycles. The molecule has 0 bridgehead atoms. The number of carboxylic acids is 1. The average Bonchev–Trinajstić information content (AvgIpc) is 2.97. The molecule has 0 radical (unpaired) electrons. The minimum atomic E-state index is -0.964. The first-order valence-corrected chi connectivity index (χ1v) is 6.79. The monoisotopic (exact) mass is 249 g/mol. The van der Waals surface area contributed by atoms with Gasteiger partial charge in [0, 0.05) is 18.2 Å². The van der Waals surface area contributed by atoms with E-state index in [-0.39, 0.29) is 5.76 Å². The minimum Gasteiger partial charge on any atom is -0.475 e. The van der Waals surface area contributed by atoms with Crippen molar-refractivity contribution in [1.29, 1.82) is 0 Å². The van der Waals surface area contributed by atoms with Crippen molar-refractivity contribution in [2.45, 2.75) is 44.7 Å². The van der Waals surface area contributed by atoms with Crippen LogP contribution >= 0.6 is 0 Å². The van der Waals surface area contributed by atoms with Crippen molar-refractivity contribution in [3.8, 4) is 0 Å². The second kappa shape index (κ2) is 4.76. The van der Waals surface area contributed by atoms with E-state index >= 15 is 0 Å². The van der Waals surface area contributed by atoms with Gasteiger partial charge in [0.15, 0.2) is 0 Å². The van der Waals surface area contributed by atoms with Crippen LogP contribution in [0.3, 0.4) is 0 Å². The molecule has 2 aliphatic rings. The van der Waals surface area contributed by atoms with E-state index in [0.29, 0.717) is 6.04 Å². The number of furan rings is 1. The van der Waals surface area contributed by atoms with Crippen LogP contribution in [0.1, 0.15) is 48.2 Å². The van der Waals surface area contributed by atoms with Gasteiger partial charge in [-0.25, -0.2) is 4.79 Å². The summed E-state index contributed by atoms with van der Waals surface area (Å²) in [6, 6.07) is 2.45. The highest BCUT2D eigenvalue weighted by Crippen LogP contribution is 2.37. The van der Waals surface area contributed by atoms with E-state index in [4.69, 9.17) is 9.52 Å². The molecule has 0 amide bonds. The minimum absolute atomic E-state index is 0.106. The van der Waals surface area contributed by atoms with Crippen LogP contribution in [0.5, 0.6) is 0 Å². The summed E-state index contributed by atoms with van der Waals surface area (Å²) in [6.07, 6.45) is 8.04. The molecule has 0 spiro atoms. The summed E-state index contributed by atoms with van der Waals surface area (Å²) in [4.78, 5) is 13.5. The maximum Gasteiger partial charge on any atom is 0.372 e. The maximum absolute atomic E-state index is 11.0. The van der Waals surface area contributed by atoms with Crippen LogP contribution in [0.25, 0.3) is 0 Å². The van der Waals surface area contributed by atoms with Gasteiger partial charge in [-0.15, -0.1) is 0 Å². The highest BCUT2D eigenvalue weighted by molar-refractivity contribution is 5.86. The van der Waals surface area contributed by atoms with Crippen molar-refractivity contribution < 1.29 is 14.3 Å². The molecule has 1 aromatic rings. The number of carboxylic acid groups (broad SMARTS) is 1. The number of rotatable bonds is 3. The highest BCUT2D eigenvalue weighted by Gasteiger charge is 2.36. The van der Waals surface area contributed by atoms with Crippen molar-refractivity contribution in [2.24, 2.45) is 5.92 Å². The lowest BCUT2D eigenvalue weighted by Crippen LogP contribution is -2.34. The largest absolute Gasteiger partial charge is 0.475 e. The fourth-order valence-electron chi connectivity index (χ4n) is 3.57. The fraction of sp³-hybridized carbons (Fsp3) is 0.643. The van der Waals surface area contributed by atoms with Gasteiger partial charge in [0.2, 0.25) is 5.76 Å². The summed E-state index contributed by atoms with van der Waals surface area (Å²) in [6.45, 7) is 1.82. The van der Waals surface area contributed by atoms with Crippen LogP contribution in [0.4, 0.5) is 0 Å². The van der Waals surface area contributed by atoms with E-state index in [1.807, 2.05) is 0 Å². The van der Waals surface area contributed by atoms with E-state index in [1.54, 1.807) is 6.07 Å². The maximum atomic E-state index is 11.0. The van der Waals surface area contributed by atoms with E-state index in [9.17, 15) is 4.79 Å². The molecule has 2 fully saturated rings. The summed E-state index contributed by atoms with van der Waals surface area (Å²) >= 11 is 0. The molecule has 2 unspecified atom stereocenters. The molecule has 1 N–H and O–H groups in total. The Bertz CT molecular complexity index is 440. The molecule has 1 saturated heterocycles. The third-order valence-corrected chi connectivity index (χ3v) is 4.44. The quantitative estimate of drug-likeness (QED) is 0.895. The van der Waals surface area contributed by atoms with E-state index in [1.165, 1.54) is 38.4 Å². The molecule has 4 heteroatoms. The second-order valence-electron chi connectivity index (χ2n) is 5.45. The Morgan fingerprint density at radius 1 is 1.39 bits per heavy atom. The average molecular weight is 249 g/mol. The summed E-state index contributed by atoms with van der Waals surface area (Å²) in [5.74, 6) is -0.0254. The predicted molar refractivity (Wildman–Crippen MR) is 66.4 cm³/mol. The molecule has 98 valence electrons. The number of carbonyl (C=O) groups is 1. The Labute approximate surface area is 107 Å². The highest BCUT2D eigenvalue weighted by atomic mass is 16.4. The van der Waals surface area contributed by atoms with Crippen LogP contribution < -0.4 is 0 Å². The van der Waals surface area contributed by atoms with Crippen LogP contribution in [-0.2, 0) is 6.54 Å². The zero-order valence-corrected chi connectivity index (χ0v) is 10.5. The molecule has 4 nitrogen and oxygen atoms in total. The third-order valence-electron chi connectivity index (χ3n) is 4.44. The number of hydrogen-bond acceptors (Lipinski definition) is 3. The van der Waals surface area contributed by atoms with Gasteiger partial charge in [0.05, 0.1) is 6.26 Å². The van der Waals surface area contributed by atoms with E-state index < -0.39 is 5.97 Å². The van der Waals surface area contributed by atoms with Gasteiger partial charge in [0.25, 0.3) is 0 Å². The topological polar surface area (TPSA) is 53.7 Å². The molecule has 1 saturated carbocycles. The van der Waals surface area contributed by atoms with Gasteiger partial charge in [-0.2, -0.15) is 0 Å². The van der Waals surface area contributed by atoms with Crippen LogP contribution in [0, 0.1) is 5.92 Å². The molecule has 3 rings (SSSR count). The Morgan fingerprint density at radius 2 is 2.22 bits per heavy atom. The van der Waals surface area contributed by atoms with Crippen molar-refractivity contribution in [3.05, 3.63) is 23.7 Å². The normalized spacial score (nSPS) is 28.2. The van der Waals surface area contributed by atoms with Gasteiger partial charge in [-0.3, -0.25) is 4.90 Å². The Balaban J connectivity index is 1.72. The number of hydrogen-bond donors (Lipinski definition) is 1. The Hall–Kier alpha value is -1.29. The van der Waals surface area contributed by atoms with Crippen molar-refractivity contribution in [1.82, 2.24) is 4.90 Å². The summed E-state index contributed by atoms with van der Waals surface area (Å²) in [5.41, 5.74) is 0.814. The first kappa shape index (κ1) is 11.8.